The zero-order chi connectivity index (χ0) is 42.1. The minimum atomic E-state index is -0.352. The molecule has 0 aromatic heterocycles. The fourth-order valence-electron chi connectivity index (χ4n) is 9.70. The van der Waals surface area contributed by atoms with Gasteiger partial charge < -0.3 is 9.80 Å². The van der Waals surface area contributed by atoms with Crippen LogP contribution in [0, 0.1) is 49.7 Å². The number of nitriles is 2. The highest BCUT2D eigenvalue weighted by Gasteiger charge is 2.47. The number of nitrogens with zero attached hydrogens (tertiary/aromatic N) is 6. The fraction of sp³-hybridized carbons (Fsp3) is 0.148. The first-order chi connectivity index (χ1) is 28.9. The van der Waals surface area contributed by atoms with Crippen molar-refractivity contribution in [3.05, 3.63) is 201 Å². The zero-order valence-electron chi connectivity index (χ0n) is 34.4. The summed E-state index contributed by atoms with van der Waals surface area (Å²) in [4.78, 5) is 11.7. The molecule has 6 nitrogen and oxygen atoms in total. The highest BCUT2D eigenvalue weighted by atomic mass is 15.1. The lowest BCUT2D eigenvalue weighted by atomic mass is 9.72. The van der Waals surface area contributed by atoms with Gasteiger partial charge in [-0.25, -0.2) is 9.69 Å². The molecule has 0 fully saturated rings. The lowest BCUT2D eigenvalue weighted by Crippen LogP contribution is -2.24. The van der Waals surface area contributed by atoms with Crippen molar-refractivity contribution in [3.8, 4) is 34.4 Å². The highest BCUT2D eigenvalue weighted by Crippen LogP contribution is 2.61. The molecule has 0 N–H and O–H groups in total. The van der Waals surface area contributed by atoms with Gasteiger partial charge in [0.25, 0.3) is 0 Å². The maximum Gasteiger partial charge on any atom is 0.187 e. The number of fused-ring (bicyclic) bond motifs is 7. The largest absolute Gasteiger partial charge is 0.311 e. The van der Waals surface area contributed by atoms with Gasteiger partial charge in [0.15, 0.2) is 11.4 Å². The van der Waals surface area contributed by atoms with E-state index in [0.29, 0.717) is 22.5 Å². The molecule has 0 spiro atoms. The second-order valence-electron chi connectivity index (χ2n) is 16.8. The Bertz CT molecular complexity index is 2740. The lowest BCUT2D eigenvalue weighted by Gasteiger charge is -2.32. The third-order valence-corrected chi connectivity index (χ3v) is 12.5. The van der Waals surface area contributed by atoms with E-state index in [1.54, 1.807) is 0 Å². The number of hydrogen-bond acceptors (Lipinski definition) is 4. The molecule has 0 amide bonds. The van der Waals surface area contributed by atoms with Gasteiger partial charge in [-0.2, -0.15) is 10.5 Å². The molecule has 0 saturated carbocycles. The monoisotopic (exact) mass is 772 g/mol. The smallest absolute Gasteiger partial charge is 0.187 e. The Morgan fingerprint density at radius 1 is 0.450 bits per heavy atom. The standard InChI is InChI=1S/C54H40N6/c1-33-27-43(59(39-17-9-35(31-55)10-18-39)40-19-11-36(32-56)12-20-40)29-47-49(33)45-25-26-46-50-34(2)28-44(30-48(50)54(5,6)52(46)51(45)53(47,3)4)60(41-21-13-37(57-7)14-22-41)42-23-15-38(58-8)16-24-42/h9-30H,1-6H3. The quantitative estimate of drug-likeness (QED) is 0.158. The molecule has 2 aliphatic carbocycles. The number of benzene rings is 7. The number of hydrogen-bond donors (Lipinski definition) is 0. The van der Waals surface area contributed by atoms with Crippen LogP contribution < -0.4 is 9.80 Å². The van der Waals surface area contributed by atoms with Crippen LogP contribution in [0.5, 0.6) is 0 Å². The lowest BCUT2D eigenvalue weighted by molar-refractivity contribution is 0.601. The molecule has 0 bridgehead atoms. The Labute approximate surface area is 352 Å². The molecule has 7 aromatic rings. The highest BCUT2D eigenvalue weighted by molar-refractivity contribution is 5.95. The van der Waals surface area contributed by atoms with Crippen LogP contribution in [0.2, 0.25) is 0 Å². The molecular weight excluding hydrogens is 733 g/mol. The van der Waals surface area contributed by atoms with Gasteiger partial charge >= 0.3 is 0 Å². The minimum absolute atomic E-state index is 0.350. The van der Waals surface area contributed by atoms with E-state index in [1.165, 1.54) is 55.6 Å². The third kappa shape index (κ3) is 5.74. The van der Waals surface area contributed by atoms with E-state index in [-0.39, 0.29) is 10.8 Å². The molecule has 0 radical (unpaired) electrons. The van der Waals surface area contributed by atoms with E-state index in [9.17, 15) is 10.5 Å². The van der Waals surface area contributed by atoms with Gasteiger partial charge in [-0.05, 0) is 167 Å². The molecule has 0 saturated heterocycles. The van der Waals surface area contributed by atoms with Crippen LogP contribution in [0.25, 0.3) is 31.9 Å². The number of anilines is 6. The van der Waals surface area contributed by atoms with Gasteiger partial charge in [-0.15, -0.1) is 0 Å². The second-order valence-corrected chi connectivity index (χ2v) is 16.8. The van der Waals surface area contributed by atoms with Crippen molar-refractivity contribution >= 4 is 45.5 Å². The van der Waals surface area contributed by atoms with Crippen LogP contribution in [0.15, 0.2) is 133 Å². The minimum Gasteiger partial charge on any atom is -0.311 e. The number of rotatable bonds is 6. The molecule has 2 aliphatic rings. The number of aryl methyl sites for hydroxylation is 2. The Morgan fingerprint density at radius 2 is 0.767 bits per heavy atom. The molecule has 0 atom stereocenters. The van der Waals surface area contributed by atoms with Crippen molar-refractivity contribution in [1.29, 1.82) is 10.5 Å². The maximum atomic E-state index is 9.57. The normalized spacial score (nSPS) is 13.4. The van der Waals surface area contributed by atoms with Crippen LogP contribution in [0.4, 0.5) is 45.5 Å². The van der Waals surface area contributed by atoms with E-state index in [4.69, 9.17) is 13.1 Å². The van der Waals surface area contributed by atoms with E-state index in [2.05, 4.69) is 110 Å². The van der Waals surface area contributed by atoms with Gasteiger partial charge in [0.1, 0.15) is 0 Å². The second kappa shape index (κ2) is 13.9. The average Bonchev–Trinajstić information content (AvgIpc) is 3.64. The van der Waals surface area contributed by atoms with Crippen molar-refractivity contribution in [3.63, 3.8) is 0 Å². The van der Waals surface area contributed by atoms with Crippen molar-refractivity contribution in [2.24, 2.45) is 0 Å². The van der Waals surface area contributed by atoms with Crippen LogP contribution in [0.3, 0.4) is 0 Å². The van der Waals surface area contributed by atoms with Crippen molar-refractivity contribution in [2.45, 2.75) is 52.4 Å². The summed E-state index contributed by atoms with van der Waals surface area (Å²) in [6.45, 7) is 28.9. The average molecular weight is 773 g/mol. The summed E-state index contributed by atoms with van der Waals surface area (Å²) in [5.41, 5.74) is 20.1. The molecule has 0 unspecified atom stereocenters. The summed E-state index contributed by atoms with van der Waals surface area (Å²) in [7, 11) is 0. The van der Waals surface area contributed by atoms with Gasteiger partial charge in [0.05, 0.1) is 36.4 Å². The summed E-state index contributed by atoms with van der Waals surface area (Å²) in [5.74, 6) is 0. The summed E-state index contributed by atoms with van der Waals surface area (Å²) in [5, 5.41) is 19.1. The molecule has 9 rings (SSSR count). The topological polar surface area (TPSA) is 62.8 Å². The van der Waals surface area contributed by atoms with E-state index in [0.717, 1.165) is 34.1 Å². The van der Waals surface area contributed by atoms with E-state index in [1.807, 2.05) is 97.1 Å². The SMILES string of the molecule is [C-]#[N+]c1ccc(N(c2ccc([N+]#[C-])cc2)c2cc(C)c3c(c2)C(C)(C)c2c-3ccc3c2C(C)(C)c2cc(N(c4ccc(C#N)cc4)c4ccc(C#N)cc4)cc(C)c2-3)cc1. The van der Waals surface area contributed by atoms with Crippen LogP contribution >= 0.6 is 0 Å². The summed E-state index contributed by atoms with van der Waals surface area (Å²) < 4.78 is 0. The Kier molecular flexibility index (Phi) is 8.72. The predicted octanol–water partition coefficient (Wildman–Crippen LogP) is 14.7. The third-order valence-electron chi connectivity index (χ3n) is 12.5. The zero-order valence-corrected chi connectivity index (χ0v) is 34.4. The van der Waals surface area contributed by atoms with Crippen molar-refractivity contribution in [2.75, 3.05) is 9.80 Å². The van der Waals surface area contributed by atoms with Gasteiger partial charge in [0, 0.05) is 45.0 Å². The molecule has 0 heterocycles. The van der Waals surface area contributed by atoms with Gasteiger partial charge in [-0.3, -0.25) is 0 Å². The van der Waals surface area contributed by atoms with Gasteiger partial charge in [0.2, 0.25) is 0 Å². The van der Waals surface area contributed by atoms with E-state index < -0.39 is 0 Å². The Hall–Kier alpha value is -7.90. The molecule has 60 heavy (non-hydrogen) atoms. The van der Waals surface area contributed by atoms with E-state index >= 15 is 0 Å². The first-order valence-electron chi connectivity index (χ1n) is 19.9. The fourth-order valence-corrected chi connectivity index (χ4v) is 9.70. The Morgan fingerprint density at radius 3 is 1.07 bits per heavy atom. The first-order valence-corrected chi connectivity index (χ1v) is 19.9. The molecule has 286 valence electrons. The first kappa shape index (κ1) is 37.7. The molecule has 7 aromatic carbocycles. The molecule has 6 heteroatoms. The van der Waals surface area contributed by atoms with Crippen molar-refractivity contribution < 1.29 is 0 Å². The van der Waals surface area contributed by atoms with Crippen molar-refractivity contribution in [1.82, 2.24) is 0 Å². The summed E-state index contributed by atoms with van der Waals surface area (Å²) >= 11 is 0. The van der Waals surface area contributed by atoms with Gasteiger partial charge in [-0.1, -0.05) is 64.1 Å². The Balaban J connectivity index is 1.19. The molecule has 0 aliphatic heterocycles. The summed E-state index contributed by atoms with van der Waals surface area (Å²) in [6.07, 6.45) is 0. The predicted molar refractivity (Wildman–Crippen MR) is 242 cm³/mol. The maximum absolute atomic E-state index is 9.57. The van der Waals surface area contributed by atoms with Crippen LogP contribution in [-0.4, -0.2) is 0 Å². The van der Waals surface area contributed by atoms with Crippen LogP contribution in [0.1, 0.15) is 72.2 Å². The van der Waals surface area contributed by atoms with Crippen LogP contribution in [-0.2, 0) is 10.8 Å². The summed E-state index contributed by atoms with van der Waals surface area (Å²) in [6, 6.07) is 49.0. The molecular formula is C54H40N6.